The second-order valence-electron chi connectivity index (χ2n) is 5.75. The number of amides is 1. The minimum atomic E-state index is -1.43. The monoisotopic (exact) mass is 276 g/mol. The molecule has 20 heavy (non-hydrogen) atoms. The van der Waals surface area contributed by atoms with Gasteiger partial charge < -0.3 is 15.7 Å². The molecule has 1 aromatic rings. The van der Waals surface area contributed by atoms with Crippen molar-refractivity contribution in [2.45, 2.75) is 44.1 Å². The summed E-state index contributed by atoms with van der Waals surface area (Å²) in [5, 5.41) is 10.2. The van der Waals surface area contributed by atoms with E-state index in [9.17, 15) is 9.90 Å². The van der Waals surface area contributed by atoms with E-state index >= 15 is 0 Å². The number of aromatic nitrogens is 2. The summed E-state index contributed by atoms with van der Waals surface area (Å²) < 4.78 is 0. The largest absolute Gasteiger partial charge is 0.378 e. The van der Waals surface area contributed by atoms with E-state index in [-0.39, 0.29) is 6.54 Å². The van der Waals surface area contributed by atoms with Gasteiger partial charge in [0, 0.05) is 24.2 Å². The Hall–Kier alpha value is -1.69. The number of rotatable bonds is 2. The zero-order valence-corrected chi connectivity index (χ0v) is 11.5. The third kappa shape index (κ3) is 2.24. The Kier molecular flexibility index (Phi) is 3.33. The molecule has 1 aliphatic carbocycles. The third-order valence-corrected chi connectivity index (χ3v) is 4.36. The van der Waals surface area contributed by atoms with Gasteiger partial charge in [0.1, 0.15) is 12.1 Å². The molecule has 2 heterocycles. The number of hydrogen-bond donors (Lipinski definition) is 2. The van der Waals surface area contributed by atoms with Crippen molar-refractivity contribution in [1.29, 1.82) is 0 Å². The van der Waals surface area contributed by atoms with Crippen molar-refractivity contribution < 1.29 is 9.90 Å². The van der Waals surface area contributed by atoms with Crippen LogP contribution in [0.1, 0.15) is 36.9 Å². The van der Waals surface area contributed by atoms with Crippen LogP contribution >= 0.6 is 0 Å². The molecule has 1 aliphatic heterocycles. The van der Waals surface area contributed by atoms with Crippen LogP contribution in [0.15, 0.2) is 6.33 Å². The third-order valence-electron chi connectivity index (χ3n) is 4.36. The molecule has 0 radical (unpaired) electrons. The van der Waals surface area contributed by atoms with Crippen LogP contribution < -0.4 is 10.6 Å². The summed E-state index contributed by atoms with van der Waals surface area (Å²) in [6.45, 7) is 0.828. The second kappa shape index (κ2) is 5.01. The average molecular weight is 276 g/mol. The van der Waals surface area contributed by atoms with Gasteiger partial charge in [-0.2, -0.15) is 0 Å². The predicted molar refractivity (Wildman–Crippen MR) is 74.3 cm³/mol. The lowest BCUT2D eigenvalue weighted by Crippen LogP contribution is -2.46. The first-order valence-electron chi connectivity index (χ1n) is 7.20. The maximum atomic E-state index is 11.4. The molecule has 1 aromatic heterocycles. The summed E-state index contributed by atoms with van der Waals surface area (Å²) >= 11 is 0. The molecular weight excluding hydrogens is 256 g/mol. The number of aryl methyl sites for hydroxylation is 1. The van der Waals surface area contributed by atoms with Crippen LogP contribution in [-0.4, -0.2) is 39.7 Å². The zero-order valence-electron chi connectivity index (χ0n) is 11.5. The maximum absolute atomic E-state index is 11.4. The summed E-state index contributed by atoms with van der Waals surface area (Å²) in [6.07, 6.45) is 7.41. The lowest BCUT2D eigenvalue weighted by molar-refractivity contribution is -0.134. The van der Waals surface area contributed by atoms with Crippen LogP contribution in [0.2, 0.25) is 0 Å². The van der Waals surface area contributed by atoms with Gasteiger partial charge in [0.15, 0.2) is 5.60 Å². The summed E-state index contributed by atoms with van der Waals surface area (Å²) in [6, 6.07) is 0. The summed E-state index contributed by atoms with van der Waals surface area (Å²) in [5.74, 6) is 0.217. The number of nitrogens with two attached hydrogens (primary N) is 1. The van der Waals surface area contributed by atoms with Gasteiger partial charge in [-0.1, -0.05) is 6.42 Å². The topological polar surface area (TPSA) is 92.3 Å². The molecule has 1 amide bonds. The van der Waals surface area contributed by atoms with Crippen molar-refractivity contribution in [3.8, 4) is 0 Å². The van der Waals surface area contributed by atoms with E-state index < -0.39 is 11.5 Å². The van der Waals surface area contributed by atoms with Gasteiger partial charge in [-0.15, -0.1) is 0 Å². The SMILES string of the molecule is NC(=O)C1(O)CCN(c2ncnc3c2CCCCC3)C1. The van der Waals surface area contributed by atoms with E-state index in [0.29, 0.717) is 13.0 Å². The second-order valence-corrected chi connectivity index (χ2v) is 5.75. The minimum absolute atomic E-state index is 0.228. The molecule has 1 atom stereocenters. The molecule has 0 aromatic carbocycles. The molecule has 3 N–H and O–H groups in total. The average Bonchev–Trinajstić information content (AvgIpc) is 2.69. The van der Waals surface area contributed by atoms with E-state index in [1.165, 1.54) is 12.0 Å². The Morgan fingerprint density at radius 1 is 1.30 bits per heavy atom. The Bertz CT molecular complexity index is 534. The number of anilines is 1. The van der Waals surface area contributed by atoms with Gasteiger partial charge in [-0.25, -0.2) is 9.97 Å². The van der Waals surface area contributed by atoms with Crippen LogP contribution in [0, 0.1) is 0 Å². The van der Waals surface area contributed by atoms with Gasteiger partial charge in [-0.3, -0.25) is 4.79 Å². The molecule has 1 fully saturated rings. The fourth-order valence-electron chi connectivity index (χ4n) is 3.13. The van der Waals surface area contributed by atoms with Gasteiger partial charge in [0.05, 0.1) is 6.54 Å². The number of β-amino-alcohol motifs (C(OH)–C–C–N with tert-alkyl or cyclic N) is 1. The summed E-state index contributed by atoms with van der Waals surface area (Å²) in [4.78, 5) is 22.1. The highest BCUT2D eigenvalue weighted by atomic mass is 16.3. The first-order valence-corrected chi connectivity index (χ1v) is 7.20. The Morgan fingerprint density at radius 2 is 2.10 bits per heavy atom. The number of primary amides is 1. The van der Waals surface area contributed by atoms with Crippen molar-refractivity contribution in [2.24, 2.45) is 5.73 Å². The normalized spacial score (nSPS) is 26.1. The van der Waals surface area contributed by atoms with E-state index in [1.54, 1.807) is 6.33 Å². The Morgan fingerprint density at radius 3 is 2.85 bits per heavy atom. The number of hydrogen-bond acceptors (Lipinski definition) is 5. The lowest BCUT2D eigenvalue weighted by Gasteiger charge is -2.23. The highest BCUT2D eigenvalue weighted by Crippen LogP contribution is 2.31. The molecule has 1 saturated heterocycles. The molecule has 1 unspecified atom stereocenters. The van der Waals surface area contributed by atoms with Crippen molar-refractivity contribution in [2.75, 3.05) is 18.0 Å². The maximum Gasteiger partial charge on any atom is 0.251 e. The Balaban J connectivity index is 1.90. The van der Waals surface area contributed by atoms with E-state index in [1.807, 2.05) is 4.90 Å². The predicted octanol–water partition coefficient (Wildman–Crippen LogP) is 0.172. The molecule has 2 aliphatic rings. The van der Waals surface area contributed by atoms with Crippen LogP contribution in [0.4, 0.5) is 5.82 Å². The minimum Gasteiger partial charge on any atom is -0.378 e. The number of aliphatic hydroxyl groups is 1. The summed E-state index contributed by atoms with van der Waals surface area (Å²) in [7, 11) is 0. The molecule has 0 bridgehead atoms. The molecule has 0 saturated carbocycles. The number of carbonyl (C=O) groups is 1. The lowest BCUT2D eigenvalue weighted by atomic mass is 10.0. The van der Waals surface area contributed by atoms with Crippen molar-refractivity contribution in [1.82, 2.24) is 9.97 Å². The van der Waals surface area contributed by atoms with E-state index in [4.69, 9.17) is 5.73 Å². The molecule has 108 valence electrons. The number of fused-ring (bicyclic) bond motifs is 1. The van der Waals surface area contributed by atoms with Crippen molar-refractivity contribution in [3.63, 3.8) is 0 Å². The fourth-order valence-corrected chi connectivity index (χ4v) is 3.13. The van der Waals surface area contributed by atoms with Crippen LogP contribution in [-0.2, 0) is 17.6 Å². The first-order chi connectivity index (χ1) is 9.60. The highest BCUT2D eigenvalue weighted by Gasteiger charge is 2.42. The standard InChI is InChI=1S/C14H20N4O2/c15-13(19)14(20)6-7-18(8-14)12-10-4-2-1-3-5-11(10)16-9-17-12/h9,20H,1-8H2,(H2,15,19). The smallest absolute Gasteiger partial charge is 0.251 e. The van der Waals surface area contributed by atoms with Crippen LogP contribution in [0.25, 0.3) is 0 Å². The Labute approximate surface area is 118 Å². The van der Waals surface area contributed by atoms with E-state index in [2.05, 4.69) is 9.97 Å². The molecule has 6 heteroatoms. The van der Waals surface area contributed by atoms with Gasteiger partial charge >= 0.3 is 0 Å². The van der Waals surface area contributed by atoms with Gasteiger partial charge in [0.2, 0.25) is 0 Å². The van der Waals surface area contributed by atoms with Gasteiger partial charge in [-0.05, 0) is 25.7 Å². The van der Waals surface area contributed by atoms with E-state index in [0.717, 1.165) is 37.2 Å². The molecular formula is C14H20N4O2. The molecule has 6 nitrogen and oxygen atoms in total. The van der Waals surface area contributed by atoms with Crippen molar-refractivity contribution in [3.05, 3.63) is 17.6 Å². The molecule has 0 spiro atoms. The van der Waals surface area contributed by atoms with Crippen molar-refractivity contribution >= 4 is 11.7 Å². The zero-order chi connectivity index (χ0) is 14.2. The van der Waals surface area contributed by atoms with Crippen LogP contribution in [0.3, 0.4) is 0 Å². The quantitative estimate of drug-likeness (QED) is 0.751. The summed E-state index contributed by atoms with van der Waals surface area (Å²) in [5.41, 5.74) is 6.15. The fraction of sp³-hybridized carbons (Fsp3) is 0.643. The van der Waals surface area contributed by atoms with Gasteiger partial charge in [0.25, 0.3) is 5.91 Å². The number of nitrogens with zero attached hydrogens (tertiary/aromatic N) is 3. The van der Waals surface area contributed by atoms with Crippen LogP contribution in [0.5, 0.6) is 0 Å². The first kappa shape index (κ1) is 13.3. The highest BCUT2D eigenvalue weighted by molar-refractivity contribution is 5.84. The molecule has 3 rings (SSSR count). The number of carbonyl (C=O) groups excluding carboxylic acids is 1.